The first-order valence-electron chi connectivity index (χ1n) is 17.1. The van der Waals surface area contributed by atoms with Gasteiger partial charge in [0, 0.05) is 62.8 Å². The zero-order chi connectivity index (χ0) is 35.9. The van der Waals surface area contributed by atoms with Crippen molar-refractivity contribution < 1.29 is 29.4 Å². The van der Waals surface area contributed by atoms with Crippen molar-refractivity contribution in [2.75, 3.05) is 55.6 Å². The average molecular weight is 677 g/mol. The minimum Gasteiger partial charge on any atom is -0.507 e. The SMILES string of the molecule is CCN(CC)c1cccc(C(=O)C2CNCCN2C(=O)c2cccc(N(CC)CC)c2C(=O)c2ccccc2O)c1C(=O)c1ccccc1O. The predicted octanol–water partition coefficient (Wildman–Crippen LogP) is 5.55. The summed E-state index contributed by atoms with van der Waals surface area (Å²) >= 11 is 0. The molecule has 1 aliphatic rings. The molecular formula is C40H44N4O6. The molecular weight excluding hydrogens is 632 g/mol. The van der Waals surface area contributed by atoms with Gasteiger partial charge in [0.25, 0.3) is 5.91 Å². The van der Waals surface area contributed by atoms with Crippen LogP contribution in [0.3, 0.4) is 0 Å². The lowest BCUT2D eigenvalue weighted by atomic mass is 9.89. The fraction of sp³-hybridized carbons (Fsp3) is 0.300. The number of phenols is 2. The van der Waals surface area contributed by atoms with Crippen molar-refractivity contribution in [1.82, 2.24) is 10.2 Å². The summed E-state index contributed by atoms with van der Waals surface area (Å²) in [7, 11) is 0. The lowest BCUT2D eigenvalue weighted by Gasteiger charge is -2.36. The number of piperazine rings is 1. The van der Waals surface area contributed by atoms with Crippen LogP contribution in [0.15, 0.2) is 84.9 Å². The lowest BCUT2D eigenvalue weighted by Crippen LogP contribution is -2.57. The second-order valence-electron chi connectivity index (χ2n) is 12.0. The number of carbonyl (C=O) groups excluding carboxylic acids is 4. The van der Waals surface area contributed by atoms with Crippen molar-refractivity contribution in [3.63, 3.8) is 0 Å². The molecule has 5 rings (SSSR count). The highest BCUT2D eigenvalue weighted by Gasteiger charge is 2.38. The average Bonchev–Trinajstić information content (AvgIpc) is 3.15. The van der Waals surface area contributed by atoms with Gasteiger partial charge in [0.15, 0.2) is 17.3 Å². The maximum absolute atomic E-state index is 14.7. The Morgan fingerprint density at radius 1 is 0.640 bits per heavy atom. The summed E-state index contributed by atoms with van der Waals surface area (Å²) in [6.45, 7) is 10.8. The second kappa shape index (κ2) is 15.8. The molecule has 1 fully saturated rings. The van der Waals surface area contributed by atoms with Gasteiger partial charge in [-0.05, 0) is 70.2 Å². The molecule has 0 saturated carbocycles. The van der Waals surface area contributed by atoms with E-state index in [-0.39, 0.29) is 58.0 Å². The van der Waals surface area contributed by atoms with Crippen LogP contribution in [-0.2, 0) is 0 Å². The third kappa shape index (κ3) is 6.84. The summed E-state index contributed by atoms with van der Waals surface area (Å²) in [4.78, 5) is 63.3. The zero-order valence-corrected chi connectivity index (χ0v) is 29.0. The van der Waals surface area contributed by atoms with Crippen molar-refractivity contribution in [2.45, 2.75) is 33.7 Å². The van der Waals surface area contributed by atoms with Gasteiger partial charge in [-0.25, -0.2) is 0 Å². The Labute approximate surface area is 292 Å². The van der Waals surface area contributed by atoms with E-state index in [0.29, 0.717) is 44.1 Å². The Kier molecular flexibility index (Phi) is 11.3. The van der Waals surface area contributed by atoms with Crippen LogP contribution in [0.5, 0.6) is 11.5 Å². The number of rotatable bonds is 13. The normalized spacial score (nSPS) is 14.2. The summed E-state index contributed by atoms with van der Waals surface area (Å²) in [6.07, 6.45) is 0. The zero-order valence-electron chi connectivity index (χ0n) is 29.0. The fourth-order valence-electron chi connectivity index (χ4n) is 6.71. The van der Waals surface area contributed by atoms with Crippen molar-refractivity contribution >= 4 is 34.6 Å². The molecule has 4 aromatic rings. The molecule has 0 aromatic heterocycles. The van der Waals surface area contributed by atoms with Crippen LogP contribution in [0.1, 0.15) is 80.3 Å². The molecule has 3 N–H and O–H groups in total. The Morgan fingerprint density at radius 2 is 1.08 bits per heavy atom. The van der Waals surface area contributed by atoms with Gasteiger partial charge in [0.1, 0.15) is 17.5 Å². The van der Waals surface area contributed by atoms with Crippen LogP contribution in [0.25, 0.3) is 0 Å². The predicted molar refractivity (Wildman–Crippen MR) is 195 cm³/mol. The quantitative estimate of drug-likeness (QED) is 0.156. The number of benzene rings is 4. The molecule has 4 aromatic carbocycles. The first-order chi connectivity index (χ1) is 24.2. The van der Waals surface area contributed by atoms with E-state index < -0.39 is 29.3 Å². The third-order valence-corrected chi connectivity index (χ3v) is 9.35. The van der Waals surface area contributed by atoms with Crippen molar-refractivity contribution in [1.29, 1.82) is 0 Å². The number of nitrogens with zero attached hydrogens (tertiary/aromatic N) is 3. The van der Waals surface area contributed by atoms with Crippen LogP contribution in [0.4, 0.5) is 11.4 Å². The Balaban J connectivity index is 1.64. The number of nitrogens with one attached hydrogen (secondary N) is 1. The lowest BCUT2D eigenvalue weighted by molar-refractivity contribution is 0.0568. The monoisotopic (exact) mass is 676 g/mol. The van der Waals surface area contributed by atoms with Crippen LogP contribution < -0.4 is 15.1 Å². The molecule has 0 bridgehead atoms. The van der Waals surface area contributed by atoms with Gasteiger partial charge in [-0.1, -0.05) is 42.5 Å². The number of Topliss-reactive ketones (excluding diaryl/α,β-unsaturated/α-hetero) is 1. The van der Waals surface area contributed by atoms with Gasteiger partial charge in [-0.15, -0.1) is 0 Å². The molecule has 10 nitrogen and oxygen atoms in total. The number of anilines is 2. The second-order valence-corrected chi connectivity index (χ2v) is 12.0. The van der Waals surface area contributed by atoms with E-state index in [9.17, 15) is 29.4 Å². The van der Waals surface area contributed by atoms with E-state index in [0.717, 1.165) is 0 Å². The number of phenolic OH excluding ortho intramolecular Hbond substituents is 2. The maximum Gasteiger partial charge on any atom is 0.255 e. The molecule has 0 spiro atoms. The summed E-state index contributed by atoms with van der Waals surface area (Å²) in [6, 6.07) is 21.6. The van der Waals surface area contributed by atoms with Crippen LogP contribution in [-0.4, -0.2) is 90.2 Å². The molecule has 1 saturated heterocycles. The molecule has 260 valence electrons. The first kappa shape index (κ1) is 35.8. The first-order valence-corrected chi connectivity index (χ1v) is 17.1. The summed E-state index contributed by atoms with van der Waals surface area (Å²) in [5, 5.41) is 24.5. The number of ketones is 3. The number of para-hydroxylation sites is 2. The van der Waals surface area contributed by atoms with Crippen molar-refractivity contribution in [3.8, 4) is 11.5 Å². The topological polar surface area (TPSA) is 130 Å². The van der Waals surface area contributed by atoms with Crippen LogP contribution >= 0.6 is 0 Å². The smallest absolute Gasteiger partial charge is 0.255 e. The van der Waals surface area contributed by atoms with E-state index in [4.69, 9.17) is 0 Å². The number of aromatic hydroxyl groups is 2. The summed E-state index contributed by atoms with van der Waals surface area (Å²) in [5.74, 6) is -2.35. The maximum atomic E-state index is 14.7. The minimum absolute atomic E-state index is 0.0645. The largest absolute Gasteiger partial charge is 0.507 e. The number of amides is 1. The molecule has 50 heavy (non-hydrogen) atoms. The standard InChI is InChI=1S/C40H44N4O6/c1-5-42(6-2)30-19-13-17-28(35(30)38(48)26-15-9-11-21-33(26)45)37(47)32-25-41-23-24-44(32)40(50)29-18-14-20-31(43(7-3)8-4)36(29)39(49)27-16-10-12-22-34(27)46/h9-22,32,41,45-46H,5-8,23-25H2,1-4H3. The summed E-state index contributed by atoms with van der Waals surface area (Å²) in [5.41, 5.74) is 1.78. The van der Waals surface area contributed by atoms with Gasteiger partial charge < -0.3 is 30.2 Å². The molecule has 1 aliphatic heterocycles. The van der Waals surface area contributed by atoms with Crippen molar-refractivity contribution in [3.05, 3.63) is 118 Å². The van der Waals surface area contributed by atoms with Gasteiger partial charge in [-0.3, -0.25) is 19.2 Å². The van der Waals surface area contributed by atoms with E-state index in [1.54, 1.807) is 60.7 Å². The Morgan fingerprint density at radius 3 is 1.56 bits per heavy atom. The molecule has 1 amide bonds. The highest BCUT2D eigenvalue weighted by atomic mass is 16.3. The Hall–Kier alpha value is -5.48. The molecule has 0 aliphatic carbocycles. The van der Waals surface area contributed by atoms with E-state index in [1.807, 2.05) is 37.5 Å². The van der Waals surface area contributed by atoms with Crippen LogP contribution in [0, 0.1) is 0 Å². The van der Waals surface area contributed by atoms with Gasteiger partial charge in [0.05, 0.1) is 27.8 Å². The van der Waals surface area contributed by atoms with Gasteiger partial charge in [0.2, 0.25) is 0 Å². The molecule has 1 heterocycles. The van der Waals surface area contributed by atoms with E-state index in [1.165, 1.54) is 29.2 Å². The highest BCUT2D eigenvalue weighted by molar-refractivity contribution is 6.22. The molecule has 10 heteroatoms. The van der Waals surface area contributed by atoms with Crippen LogP contribution in [0.2, 0.25) is 0 Å². The number of hydrogen-bond acceptors (Lipinski definition) is 9. The molecule has 1 unspecified atom stereocenters. The number of carbonyl (C=O) groups is 4. The van der Waals surface area contributed by atoms with Crippen molar-refractivity contribution in [2.24, 2.45) is 0 Å². The molecule has 1 atom stereocenters. The number of hydrogen-bond donors (Lipinski definition) is 3. The van der Waals surface area contributed by atoms with E-state index in [2.05, 4.69) is 5.32 Å². The summed E-state index contributed by atoms with van der Waals surface area (Å²) < 4.78 is 0. The van der Waals surface area contributed by atoms with Gasteiger partial charge in [-0.2, -0.15) is 0 Å². The Bertz CT molecular complexity index is 1760. The highest BCUT2D eigenvalue weighted by Crippen LogP contribution is 2.33. The fourth-order valence-corrected chi connectivity index (χ4v) is 6.71. The molecule has 0 radical (unpaired) electrons. The van der Waals surface area contributed by atoms with E-state index >= 15 is 0 Å². The van der Waals surface area contributed by atoms with Gasteiger partial charge >= 0.3 is 0 Å². The minimum atomic E-state index is -1.01. The third-order valence-electron chi connectivity index (χ3n) is 9.35.